The van der Waals surface area contributed by atoms with Crippen LogP contribution in [0.2, 0.25) is 0 Å². The molecule has 0 unspecified atom stereocenters. The summed E-state index contributed by atoms with van der Waals surface area (Å²) in [4.78, 5) is 22.0. The quantitative estimate of drug-likeness (QED) is 0.467. The second-order valence-corrected chi connectivity index (χ2v) is 4.19. The SMILES string of the molecule is Nc1ccc([N+](=O)[O-])c(C(=O)NCC2CC2)c1. The van der Waals surface area contributed by atoms with Crippen molar-refractivity contribution in [2.45, 2.75) is 12.8 Å². The molecule has 2 rings (SSSR count). The summed E-state index contributed by atoms with van der Waals surface area (Å²) in [5.74, 6) is 0.0926. The van der Waals surface area contributed by atoms with Crippen molar-refractivity contribution >= 4 is 17.3 Å². The Kier molecular flexibility index (Phi) is 2.95. The number of carbonyl (C=O) groups is 1. The summed E-state index contributed by atoms with van der Waals surface area (Å²) in [6.45, 7) is 0.574. The summed E-state index contributed by atoms with van der Waals surface area (Å²) in [6.07, 6.45) is 2.22. The molecule has 1 amide bonds. The minimum Gasteiger partial charge on any atom is -0.399 e. The van der Waals surface area contributed by atoms with E-state index in [-0.39, 0.29) is 11.3 Å². The highest BCUT2D eigenvalue weighted by molar-refractivity contribution is 5.99. The molecule has 0 bridgehead atoms. The van der Waals surface area contributed by atoms with E-state index in [2.05, 4.69) is 5.32 Å². The third kappa shape index (κ3) is 2.72. The molecule has 1 aliphatic rings. The Morgan fingerprint density at radius 2 is 2.24 bits per heavy atom. The molecule has 0 atom stereocenters. The third-order valence-electron chi connectivity index (χ3n) is 2.71. The Balaban J connectivity index is 2.18. The van der Waals surface area contributed by atoms with Crippen molar-refractivity contribution in [3.05, 3.63) is 33.9 Å². The highest BCUT2D eigenvalue weighted by atomic mass is 16.6. The molecule has 1 aliphatic carbocycles. The molecule has 1 aromatic carbocycles. The maximum atomic E-state index is 11.8. The van der Waals surface area contributed by atoms with Crippen LogP contribution in [0.15, 0.2) is 18.2 Å². The maximum absolute atomic E-state index is 11.8. The molecule has 6 heteroatoms. The van der Waals surface area contributed by atoms with E-state index in [1.54, 1.807) is 0 Å². The van der Waals surface area contributed by atoms with E-state index >= 15 is 0 Å². The van der Waals surface area contributed by atoms with E-state index in [1.165, 1.54) is 18.2 Å². The number of nitro groups is 1. The molecule has 0 heterocycles. The van der Waals surface area contributed by atoms with Gasteiger partial charge in [-0.15, -0.1) is 0 Å². The Hall–Kier alpha value is -2.11. The summed E-state index contributed by atoms with van der Waals surface area (Å²) in [6, 6.07) is 4.00. The van der Waals surface area contributed by atoms with Crippen molar-refractivity contribution in [3.63, 3.8) is 0 Å². The van der Waals surface area contributed by atoms with Gasteiger partial charge in [0, 0.05) is 18.3 Å². The normalized spacial score (nSPS) is 14.4. The van der Waals surface area contributed by atoms with Crippen molar-refractivity contribution in [1.29, 1.82) is 0 Å². The molecule has 90 valence electrons. The van der Waals surface area contributed by atoms with Crippen LogP contribution in [0, 0.1) is 16.0 Å². The number of anilines is 1. The third-order valence-corrected chi connectivity index (χ3v) is 2.71. The fourth-order valence-electron chi connectivity index (χ4n) is 1.55. The minimum atomic E-state index is -0.578. The first-order valence-corrected chi connectivity index (χ1v) is 5.40. The van der Waals surface area contributed by atoms with Crippen molar-refractivity contribution < 1.29 is 9.72 Å². The topological polar surface area (TPSA) is 98.3 Å². The van der Waals surface area contributed by atoms with Crippen molar-refractivity contribution in [2.75, 3.05) is 12.3 Å². The van der Waals surface area contributed by atoms with Crippen LogP contribution < -0.4 is 11.1 Å². The van der Waals surface area contributed by atoms with Gasteiger partial charge in [-0.1, -0.05) is 0 Å². The summed E-state index contributed by atoms with van der Waals surface area (Å²) in [7, 11) is 0. The van der Waals surface area contributed by atoms with Crippen LogP contribution in [-0.4, -0.2) is 17.4 Å². The molecule has 0 aromatic heterocycles. The fraction of sp³-hybridized carbons (Fsp3) is 0.364. The Bertz CT molecular complexity index is 469. The number of rotatable bonds is 4. The molecule has 1 saturated carbocycles. The molecule has 3 N–H and O–H groups in total. The predicted molar refractivity (Wildman–Crippen MR) is 62.6 cm³/mol. The van der Waals surface area contributed by atoms with Gasteiger partial charge in [-0.05, 0) is 30.9 Å². The lowest BCUT2D eigenvalue weighted by atomic mass is 10.1. The number of nitro benzene ring substituents is 1. The summed E-state index contributed by atoms with van der Waals surface area (Å²) >= 11 is 0. The summed E-state index contributed by atoms with van der Waals surface area (Å²) in [5, 5.41) is 13.5. The molecule has 6 nitrogen and oxygen atoms in total. The first-order chi connectivity index (χ1) is 8.08. The number of hydrogen-bond donors (Lipinski definition) is 2. The van der Waals surface area contributed by atoms with E-state index < -0.39 is 10.8 Å². The van der Waals surface area contributed by atoms with Crippen LogP contribution in [0.25, 0.3) is 0 Å². The summed E-state index contributed by atoms with van der Waals surface area (Å²) in [5.41, 5.74) is 5.68. The number of nitrogens with zero attached hydrogens (tertiary/aromatic N) is 1. The standard InChI is InChI=1S/C11H13N3O3/c12-8-3-4-10(14(16)17)9(5-8)11(15)13-6-7-1-2-7/h3-5,7H,1-2,6,12H2,(H,13,15). The number of amides is 1. The van der Waals surface area contributed by atoms with Gasteiger partial charge in [0.15, 0.2) is 0 Å². The van der Waals surface area contributed by atoms with Gasteiger partial charge in [-0.3, -0.25) is 14.9 Å². The van der Waals surface area contributed by atoms with Gasteiger partial charge in [-0.2, -0.15) is 0 Å². The predicted octanol–water partition coefficient (Wildman–Crippen LogP) is 1.32. The van der Waals surface area contributed by atoms with Gasteiger partial charge < -0.3 is 11.1 Å². The van der Waals surface area contributed by atoms with E-state index in [9.17, 15) is 14.9 Å². The second-order valence-electron chi connectivity index (χ2n) is 4.19. The van der Waals surface area contributed by atoms with Crippen LogP contribution >= 0.6 is 0 Å². The Morgan fingerprint density at radius 3 is 2.82 bits per heavy atom. The number of nitrogens with one attached hydrogen (secondary N) is 1. The molecular formula is C11H13N3O3. The zero-order valence-electron chi connectivity index (χ0n) is 9.18. The molecule has 0 saturated heterocycles. The van der Waals surface area contributed by atoms with Crippen LogP contribution in [0.5, 0.6) is 0 Å². The molecule has 0 radical (unpaired) electrons. The van der Waals surface area contributed by atoms with Crippen molar-refractivity contribution in [3.8, 4) is 0 Å². The average Bonchev–Trinajstić information content (AvgIpc) is 3.09. The molecular weight excluding hydrogens is 222 g/mol. The first kappa shape index (κ1) is 11.4. The molecule has 1 aromatic rings. The average molecular weight is 235 g/mol. The monoisotopic (exact) mass is 235 g/mol. The van der Waals surface area contributed by atoms with Gasteiger partial charge in [-0.25, -0.2) is 0 Å². The number of benzene rings is 1. The van der Waals surface area contributed by atoms with Gasteiger partial charge >= 0.3 is 0 Å². The summed E-state index contributed by atoms with van der Waals surface area (Å²) < 4.78 is 0. The van der Waals surface area contributed by atoms with Gasteiger partial charge in [0.25, 0.3) is 11.6 Å². The highest BCUT2D eigenvalue weighted by Gasteiger charge is 2.24. The van der Waals surface area contributed by atoms with Crippen LogP contribution in [0.1, 0.15) is 23.2 Å². The number of hydrogen-bond acceptors (Lipinski definition) is 4. The minimum absolute atomic E-state index is 0.0238. The maximum Gasteiger partial charge on any atom is 0.282 e. The van der Waals surface area contributed by atoms with Crippen LogP contribution in [0.4, 0.5) is 11.4 Å². The van der Waals surface area contributed by atoms with E-state index in [4.69, 9.17) is 5.73 Å². The van der Waals surface area contributed by atoms with E-state index in [0.29, 0.717) is 18.2 Å². The van der Waals surface area contributed by atoms with E-state index in [1.807, 2.05) is 0 Å². The lowest BCUT2D eigenvalue weighted by molar-refractivity contribution is -0.385. The lowest BCUT2D eigenvalue weighted by Crippen LogP contribution is -2.26. The van der Waals surface area contributed by atoms with Crippen LogP contribution in [-0.2, 0) is 0 Å². The number of nitrogens with two attached hydrogens (primary N) is 1. The van der Waals surface area contributed by atoms with Gasteiger partial charge in [0.1, 0.15) is 5.56 Å². The number of carbonyl (C=O) groups excluding carboxylic acids is 1. The fourth-order valence-corrected chi connectivity index (χ4v) is 1.55. The molecule has 0 spiro atoms. The smallest absolute Gasteiger partial charge is 0.282 e. The molecule has 1 fully saturated rings. The van der Waals surface area contributed by atoms with Crippen molar-refractivity contribution in [1.82, 2.24) is 5.32 Å². The van der Waals surface area contributed by atoms with Crippen LogP contribution in [0.3, 0.4) is 0 Å². The van der Waals surface area contributed by atoms with Crippen molar-refractivity contribution in [2.24, 2.45) is 5.92 Å². The van der Waals surface area contributed by atoms with Gasteiger partial charge in [0.05, 0.1) is 4.92 Å². The highest BCUT2D eigenvalue weighted by Crippen LogP contribution is 2.28. The lowest BCUT2D eigenvalue weighted by Gasteiger charge is -2.05. The van der Waals surface area contributed by atoms with E-state index in [0.717, 1.165) is 12.8 Å². The molecule has 0 aliphatic heterocycles. The largest absolute Gasteiger partial charge is 0.399 e. The van der Waals surface area contributed by atoms with Gasteiger partial charge in [0.2, 0.25) is 0 Å². The Labute approximate surface area is 98.0 Å². The number of nitrogen functional groups attached to an aromatic ring is 1. The second kappa shape index (κ2) is 4.40. The zero-order valence-corrected chi connectivity index (χ0v) is 9.18. The molecule has 17 heavy (non-hydrogen) atoms. The zero-order chi connectivity index (χ0) is 12.4. The Morgan fingerprint density at radius 1 is 1.53 bits per heavy atom. The first-order valence-electron chi connectivity index (χ1n) is 5.40.